The summed E-state index contributed by atoms with van der Waals surface area (Å²) < 4.78 is 15.5. The number of hydrogen-bond acceptors (Lipinski definition) is 2. The zero-order valence-corrected chi connectivity index (χ0v) is 12.3. The molecular weight excluding hydrogens is 277 g/mol. The van der Waals surface area contributed by atoms with E-state index in [1.54, 1.807) is 18.5 Å². The van der Waals surface area contributed by atoms with E-state index in [1.165, 1.54) is 6.07 Å². The van der Waals surface area contributed by atoms with Crippen molar-refractivity contribution >= 4 is 11.6 Å². The molecule has 1 aromatic heterocycles. The van der Waals surface area contributed by atoms with E-state index in [9.17, 15) is 4.39 Å². The van der Waals surface area contributed by atoms with E-state index in [1.807, 2.05) is 10.8 Å². The molecule has 0 atom stereocenters. The fourth-order valence-electron chi connectivity index (χ4n) is 2.00. The van der Waals surface area contributed by atoms with Crippen molar-refractivity contribution in [1.82, 2.24) is 14.9 Å². The number of nitrogens with zero attached hydrogens (tertiary/aromatic N) is 2. The molecule has 0 aliphatic rings. The van der Waals surface area contributed by atoms with Gasteiger partial charge in [0, 0.05) is 29.7 Å². The Bertz CT molecular complexity index is 554. The van der Waals surface area contributed by atoms with Gasteiger partial charge in [-0.2, -0.15) is 0 Å². The summed E-state index contributed by atoms with van der Waals surface area (Å²) in [6.45, 7) is 4.52. The second-order valence-corrected chi connectivity index (χ2v) is 5.21. The Morgan fingerprint density at radius 1 is 1.35 bits per heavy atom. The number of hydrogen-bond donors (Lipinski definition) is 1. The van der Waals surface area contributed by atoms with E-state index >= 15 is 0 Å². The summed E-state index contributed by atoms with van der Waals surface area (Å²) in [5.74, 6) is -0.241. The zero-order chi connectivity index (χ0) is 14.4. The fourth-order valence-corrected chi connectivity index (χ4v) is 2.20. The largest absolute Gasteiger partial charge is 0.333 e. The Hall–Kier alpha value is -1.39. The number of benzene rings is 1. The number of imidazole rings is 1. The van der Waals surface area contributed by atoms with E-state index in [0.29, 0.717) is 17.1 Å². The second kappa shape index (κ2) is 7.41. The summed E-state index contributed by atoms with van der Waals surface area (Å²) in [5, 5.41) is 3.88. The molecule has 3 nitrogen and oxygen atoms in total. The van der Waals surface area contributed by atoms with E-state index in [-0.39, 0.29) is 5.82 Å². The first-order chi connectivity index (χ1) is 9.69. The molecule has 1 heterocycles. The molecule has 0 unspecified atom stereocenters. The van der Waals surface area contributed by atoms with Crippen LogP contribution in [-0.4, -0.2) is 22.6 Å². The topological polar surface area (TPSA) is 29.9 Å². The van der Waals surface area contributed by atoms with Crippen LogP contribution in [0, 0.1) is 5.82 Å². The Morgan fingerprint density at radius 2 is 2.20 bits per heavy atom. The van der Waals surface area contributed by atoms with Crippen molar-refractivity contribution in [2.45, 2.75) is 26.3 Å². The second-order valence-electron chi connectivity index (χ2n) is 4.77. The third-order valence-corrected chi connectivity index (χ3v) is 3.27. The monoisotopic (exact) mass is 295 g/mol. The molecular formula is C15H19ClFN3. The lowest BCUT2D eigenvalue weighted by molar-refractivity contribution is 0.599. The molecule has 0 bridgehead atoms. The molecule has 108 valence electrons. The van der Waals surface area contributed by atoms with Crippen molar-refractivity contribution in [3.63, 3.8) is 0 Å². The van der Waals surface area contributed by atoms with Gasteiger partial charge in [0.2, 0.25) is 0 Å². The molecule has 0 aliphatic heterocycles. The van der Waals surface area contributed by atoms with Gasteiger partial charge in [0.1, 0.15) is 5.82 Å². The lowest BCUT2D eigenvalue weighted by Gasteiger charge is -2.04. The van der Waals surface area contributed by atoms with Crippen molar-refractivity contribution in [2.75, 3.05) is 13.1 Å². The molecule has 0 saturated heterocycles. The average molecular weight is 296 g/mol. The Balaban J connectivity index is 1.93. The molecule has 0 amide bonds. The first kappa shape index (κ1) is 15.0. The number of aromatic nitrogens is 2. The van der Waals surface area contributed by atoms with Crippen LogP contribution in [0.3, 0.4) is 0 Å². The van der Waals surface area contributed by atoms with Gasteiger partial charge in [0.15, 0.2) is 0 Å². The highest BCUT2D eigenvalue weighted by Crippen LogP contribution is 2.16. The SMILES string of the molecule is CCCNCCc1cn(Cc2cc(Cl)ccc2F)cn1. The predicted octanol–water partition coefficient (Wildman–Crippen LogP) is 3.27. The standard InChI is InChI=1S/C15H19ClFN3/c1-2-6-18-7-5-14-10-20(11-19-14)9-12-8-13(16)3-4-15(12)17/h3-4,8,10-11,18H,2,5-7,9H2,1H3. The maximum absolute atomic E-state index is 13.6. The Kier molecular flexibility index (Phi) is 5.56. The number of rotatable bonds is 7. The van der Waals surface area contributed by atoms with Crippen LogP contribution in [0.1, 0.15) is 24.6 Å². The van der Waals surface area contributed by atoms with Crippen molar-refractivity contribution in [3.8, 4) is 0 Å². The highest BCUT2D eigenvalue weighted by atomic mass is 35.5. The molecule has 0 radical (unpaired) electrons. The van der Waals surface area contributed by atoms with Crippen LogP contribution in [0.4, 0.5) is 4.39 Å². The van der Waals surface area contributed by atoms with Crippen LogP contribution in [0.2, 0.25) is 5.02 Å². The maximum atomic E-state index is 13.6. The fraction of sp³-hybridized carbons (Fsp3) is 0.400. The van der Waals surface area contributed by atoms with E-state index in [2.05, 4.69) is 17.2 Å². The van der Waals surface area contributed by atoms with Crippen LogP contribution in [-0.2, 0) is 13.0 Å². The minimum atomic E-state index is -0.241. The molecule has 1 N–H and O–H groups in total. The van der Waals surface area contributed by atoms with Crippen molar-refractivity contribution in [2.24, 2.45) is 0 Å². The third kappa shape index (κ3) is 4.32. The van der Waals surface area contributed by atoms with Gasteiger partial charge in [-0.25, -0.2) is 9.37 Å². The molecule has 20 heavy (non-hydrogen) atoms. The number of nitrogens with one attached hydrogen (secondary N) is 1. The van der Waals surface area contributed by atoms with Gasteiger partial charge < -0.3 is 9.88 Å². The van der Waals surface area contributed by atoms with Crippen LogP contribution in [0.15, 0.2) is 30.7 Å². The van der Waals surface area contributed by atoms with E-state index in [4.69, 9.17) is 11.6 Å². The lowest BCUT2D eigenvalue weighted by atomic mass is 10.2. The third-order valence-electron chi connectivity index (χ3n) is 3.03. The first-order valence-corrected chi connectivity index (χ1v) is 7.22. The van der Waals surface area contributed by atoms with Gasteiger partial charge >= 0.3 is 0 Å². The smallest absolute Gasteiger partial charge is 0.128 e. The van der Waals surface area contributed by atoms with Crippen LogP contribution in [0.25, 0.3) is 0 Å². The highest BCUT2D eigenvalue weighted by Gasteiger charge is 2.05. The van der Waals surface area contributed by atoms with Crippen LogP contribution in [0.5, 0.6) is 0 Å². The van der Waals surface area contributed by atoms with Crippen molar-refractivity contribution < 1.29 is 4.39 Å². The molecule has 5 heteroatoms. The van der Waals surface area contributed by atoms with Gasteiger partial charge in [-0.3, -0.25) is 0 Å². The van der Waals surface area contributed by atoms with Gasteiger partial charge in [-0.15, -0.1) is 0 Å². The minimum absolute atomic E-state index is 0.241. The van der Waals surface area contributed by atoms with Crippen LogP contribution < -0.4 is 5.32 Å². The molecule has 0 aliphatic carbocycles. The van der Waals surface area contributed by atoms with Crippen LogP contribution >= 0.6 is 11.6 Å². The molecule has 0 saturated carbocycles. The van der Waals surface area contributed by atoms with E-state index in [0.717, 1.165) is 31.6 Å². The minimum Gasteiger partial charge on any atom is -0.333 e. The predicted molar refractivity (Wildman–Crippen MR) is 79.6 cm³/mol. The molecule has 2 aromatic rings. The van der Waals surface area contributed by atoms with E-state index < -0.39 is 0 Å². The zero-order valence-electron chi connectivity index (χ0n) is 11.6. The van der Waals surface area contributed by atoms with Gasteiger partial charge in [-0.1, -0.05) is 18.5 Å². The lowest BCUT2D eigenvalue weighted by Crippen LogP contribution is -2.17. The molecule has 0 fully saturated rings. The van der Waals surface area contributed by atoms with Gasteiger partial charge in [0.05, 0.1) is 18.6 Å². The molecule has 0 spiro atoms. The summed E-state index contributed by atoms with van der Waals surface area (Å²) in [7, 11) is 0. The number of halogens is 2. The molecule has 1 aromatic carbocycles. The Labute approximate surface area is 123 Å². The normalized spacial score (nSPS) is 10.9. The first-order valence-electron chi connectivity index (χ1n) is 6.84. The van der Waals surface area contributed by atoms with Crippen molar-refractivity contribution in [1.29, 1.82) is 0 Å². The summed E-state index contributed by atoms with van der Waals surface area (Å²) in [4.78, 5) is 4.33. The molecule has 2 rings (SSSR count). The highest BCUT2D eigenvalue weighted by molar-refractivity contribution is 6.30. The summed E-state index contributed by atoms with van der Waals surface area (Å²) in [6.07, 6.45) is 5.69. The quantitative estimate of drug-likeness (QED) is 0.795. The summed E-state index contributed by atoms with van der Waals surface area (Å²) >= 11 is 5.89. The Morgan fingerprint density at radius 3 is 3.00 bits per heavy atom. The average Bonchev–Trinajstić information content (AvgIpc) is 2.87. The summed E-state index contributed by atoms with van der Waals surface area (Å²) in [5.41, 5.74) is 1.58. The van der Waals surface area contributed by atoms with Crippen molar-refractivity contribution in [3.05, 3.63) is 52.8 Å². The summed E-state index contributed by atoms with van der Waals surface area (Å²) in [6, 6.07) is 4.60. The maximum Gasteiger partial charge on any atom is 0.128 e. The van der Waals surface area contributed by atoms with Gasteiger partial charge in [0.25, 0.3) is 0 Å². The van der Waals surface area contributed by atoms with Gasteiger partial charge in [-0.05, 0) is 31.2 Å².